The summed E-state index contributed by atoms with van der Waals surface area (Å²) < 4.78 is 9.19. The third-order valence-corrected chi connectivity index (χ3v) is 4.59. The molecule has 0 radical (unpaired) electrons. The normalized spacial score (nSPS) is 11.0. The first-order valence-corrected chi connectivity index (χ1v) is 8.93. The number of methoxy groups -OCH3 is 1. The van der Waals surface area contributed by atoms with E-state index < -0.39 is 0 Å². The molecule has 0 fully saturated rings. The van der Waals surface area contributed by atoms with Crippen LogP contribution in [0.2, 0.25) is 0 Å². The van der Waals surface area contributed by atoms with Gasteiger partial charge in [-0.2, -0.15) is 5.10 Å². The zero-order valence-electron chi connectivity index (χ0n) is 16.2. The molecule has 0 bridgehead atoms. The van der Waals surface area contributed by atoms with Crippen LogP contribution < -0.4 is 10.1 Å². The zero-order chi connectivity index (χ0) is 19.8. The van der Waals surface area contributed by atoms with Gasteiger partial charge in [-0.05, 0) is 50.6 Å². The molecule has 4 aromatic rings. The van der Waals surface area contributed by atoms with Crippen molar-refractivity contribution in [2.75, 3.05) is 12.4 Å². The predicted molar refractivity (Wildman–Crippen MR) is 107 cm³/mol. The Morgan fingerprint density at radius 2 is 1.96 bits per heavy atom. The number of amides is 1. The Balaban J connectivity index is 1.63. The monoisotopic (exact) mass is 375 g/mol. The van der Waals surface area contributed by atoms with Crippen molar-refractivity contribution < 1.29 is 9.53 Å². The van der Waals surface area contributed by atoms with Gasteiger partial charge in [0, 0.05) is 29.8 Å². The van der Waals surface area contributed by atoms with Gasteiger partial charge in [0.2, 0.25) is 0 Å². The van der Waals surface area contributed by atoms with Gasteiger partial charge < -0.3 is 14.5 Å². The first-order chi connectivity index (χ1) is 13.5. The maximum Gasteiger partial charge on any atom is 0.275 e. The van der Waals surface area contributed by atoms with E-state index in [1.807, 2.05) is 66.4 Å². The highest BCUT2D eigenvalue weighted by Gasteiger charge is 2.15. The van der Waals surface area contributed by atoms with Crippen LogP contribution in [0.25, 0.3) is 11.3 Å². The molecule has 0 saturated heterocycles. The third kappa shape index (κ3) is 3.11. The Bertz CT molecular complexity index is 1190. The molecule has 7 heteroatoms. The second kappa shape index (κ2) is 6.84. The Kier molecular flexibility index (Phi) is 4.35. The Hall–Kier alpha value is -3.61. The van der Waals surface area contributed by atoms with Gasteiger partial charge in [0.15, 0.2) is 0 Å². The number of aryl methyl sites for hydroxylation is 3. The van der Waals surface area contributed by atoms with Crippen LogP contribution in [-0.2, 0) is 0 Å². The van der Waals surface area contributed by atoms with Gasteiger partial charge in [-0.15, -0.1) is 0 Å². The molecule has 1 N–H and O–H groups in total. The standard InChI is InChI=1S/C21H21N5O2/c1-13-6-5-9-25-12-17(23-20(13)25)21(27)22-16-7-8-18(19(11-16)28-4)26-15(3)10-14(2)24-26/h5-12H,1-4H3,(H,22,27). The largest absolute Gasteiger partial charge is 0.494 e. The summed E-state index contributed by atoms with van der Waals surface area (Å²) in [5, 5.41) is 7.38. The maximum absolute atomic E-state index is 12.7. The minimum Gasteiger partial charge on any atom is -0.494 e. The topological polar surface area (TPSA) is 73.4 Å². The molecule has 7 nitrogen and oxygen atoms in total. The smallest absolute Gasteiger partial charge is 0.275 e. The number of hydrogen-bond donors (Lipinski definition) is 1. The van der Waals surface area contributed by atoms with Crippen LogP contribution in [0.5, 0.6) is 5.75 Å². The number of benzene rings is 1. The van der Waals surface area contributed by atoms with Crippen molar-refractivity contribution in [3.63, 3.8) is 0 Å². The number of fused-ring (bicyclic) bond motifs is 1. The number of ether oxygens (including phenoxy) is 1. The summed E-state index contributed by atoms with van der Waals surface area (Å²) in [5.41, 5.74) is 5.51. The van der Waals surface area contributed by atoms with Gasteiger partial charge in [-0.1, -0.05) is 6.07 Å². The fraction of sp³-hybridized carbons (Fsp3) is 0.190. The summed E-state index contributed by atoms with van der Waals surface area (Å²) in [4.78, 5) is 17.1. The van der Waals surface area contributed by atoms with Gasteiger partial charge >= 0.3 is 0 Å². The highest BCUT2D eigenvalue weighted by atomic mass is 16.5. The van der Waals surface area contributed by atoms with Crippen molar-refractivity contribution in [2.24, 2.45) is 0 Å². The molecular weight excluding hydrogens is 354 g/mol. The molecule has 0 aliphatic heterocycles. The number of aromatic nitrogens is 4. The lowest BCUT2D eigenvalue weighted by Gasteiger charge is -2.12. The van der Waals surface area contributed by atoms with Crippen molar-refractivity contribution in [1.82, 2.24) is 19.2 Å². The predicted octanol–water partition coefficient (Wildman–Crippen LogP) is 3.71. The van der Waals surface area contributed by atoms with E-state index in [1.54, 1.807) is 19.4 Å². The first-order valence-electron chi connectivity index (χ1n) is 8.93. The molecule has 3 aromatic heterocycles. The fourth-order valence-corrected chi connectivity index (χ4v) is 3.26. The maximum atomic E-state index is 12.7. The number of hydrogen-bond acceptors (Lipinski definition) is 4. The zero-order valence-corrected chi connectivity index (χ0v) is 16.2. The average Bonchev–Trinajstić information content (AvgIpc) is 3.25. The molecule has 0 atom stereocenters. The van der Waals surface area contributed by atoms with E-state index in [9.17, 15) is 4.79 Å². The van der Waals surface area contributed by atoms with Gasteiger partial charge in [-0.3, -0.25) is 4.79 Å². The van der Waals surface area contributed by atoms with E-state index >= 15 is 0 Å². The number of rotatable bonds is 4. The van der Waals surface area contributed by atoms with Crippen molar-refractivity contribution in [3.8, 4) is 11.4 Å². The Labute approximate surface area is 162 Å². The number of carbonyl (C=O) groups is 1. The number of nitrogens with zero attached hydrogens (tertiary/aromatic N) is 4. The summed E-state index contributed by atoms with van der Waals surface area (Å²) >= 11 is 0. The van der Waals surface area contributed by atoms with Crippen LogP contribution in [0.1, 0.15) is 27.4 Å². The molecule has 0 unspecified atom stereocenters. The quantitative estimate of drug-likeness (QED) is 0.590. The van der Waals surface area contributed by atoms with Crippen LogP contribution in [0.15, 0.2) is 48.8 Å². The van der Waals surface area contributed by atoms with Crippen molar-refractivity contribution in [1.29, 1.82) is 0 Å². The minimum atomic E-state index is -0.274. The molecule has 0 aliphatic carbocycles. The lowest BCUT2D eigenvalue weighted by molar-refractivity contribution is 0.102. The number of pyridine rings is 1. The van der Waals surface area contributed by atoms with Crippen LogP contribution in [-0.4, -0.2) is 32.2 Å². The van der Waals surface area contributed by atoms with Crippen LogP contribution in [0, 0.1) is 20.8 Å². The van der Waals surface area contributed by atoms with E-state index in [2.05, 4.69) is 15.4 Å². The Morgan fingerprint density at radius 3 is 2.64 bits per heavy atom. The molecule has 0 saturated carbocycles. The number of imidazole rings is 1. The van der Waals surface area contributed by atoms with E-state index in [0.717, 1.165) is 28.3 Å². The number of carbonyl (C=O) groups excluding carboxylic acids is 1. The molecular formula is C21H21N5O2. The van der Waals surface area contributed by atoms with E-state index in [-0.39, 0.29) is 5.91 Å². The minimum absolute atomic E-state index is 0.274. The lowest BCUT2D eigenvalue weighted by atomic mass is 10.2. The molecule has 4 rings (SSSR count). The SMILES string of the molecule is COc1cc(NC(=O)c2cn3cccc(C)c3n2)ccc1-n1nc(C)cc1C. The Morgan fingerprint density at radius 1 is 1.14 bits per heavy atom. The first kappa shape index (κ1) is 17.8. The second-order valence-corrected chi connectivity index (χ2v) is 6.73. The second-order valence-electron chi connectivity index (χ2n) is 6.73. The van der Waals surface area contributed by atoms with E-state index in [1.165, 1.54) is 0 Å². The number of anilines is 1. The molecule has 142 valence electrons. The molecule has 3 heterocycles. The molecule has 0 spiro atoms. The summed E-state index contributed by atoms with van der Waals surface area (Å²) in [6.07, 6.45) is 3.59. The van der Waals surface area contributed by atoms with Crippen LogP contribution in [0.3, 0.4) is 0 Å². The molecule has 28 heavy (non-hydrogen) atoms. The van der Waals surface area contributed by atoms with E-state index in [0.29, 0.717) is 17.1 Å². The summed E-state index contributed by atoms with van der Waals surface area (Å²) in [6, 6.07) is 11.4. The third-order valence-electron chi connectivity index (χ3n) is 4.59. The van der Waals surface area contributed by atoms with Crippen LogP contribution >= 0.6 is 0 Å². The van der Waals surface area contributed by atoms with Gasteiger partial charge in [0.25, 0.3) is 5.91 Å². The van der Waals surface area contributed by atoms with Gasteiger partial charge in [0.05, 0.1) is 12.8 Å². The lowest BCUT2D eigenvalue weighted by Crippen LogP contribution is -2.12. The van der Waals surface area contributed by atoms with Crippen molar-refractivity contribution in [3.05, 3.63) is 71.4 Å². The van der Waals surface area contributed by atoms with Crippen LogP contribution in [0.4, 0.5) is 5.69 Å². The van der Waals surface area contributed by atoms with E-state index in [4.69, 9.17) is 4.74 Å². The summed E-state index contributed by atoms with van der Waals surface area (Å²) in [7, 11) is 1.60. The fourth-order valence-electron chi connectivity index (χ4n) is 3.26. The number of nitrogens with one attached hydrogen (secondary N) is 1. The summed E-state index contributed by atoms with van der Waals surface area (Å²) in [5.74, 6) is 0.346. The van der Waals surface area contributed by atoms with Crippen molar-refractivity contribution >= 4 is 17.2 Å². The highest BCUT2D eigenvalue weighted by Crippen LogP contribution is 2.28. The average molecular weight is 375 g/mol. The molecule has 1 amide bonds. The molecule has 0 aliphatic rings. The van der Waals surface area contributed by atoms with Gasteiger partial charge in [0.1, 0.15) is 22.8 Å². The summed E-state index contributed by atoms with van der Waals surface area (Å²) in [6.45, 7) is 5.90. The van der Waals surface area contributed by atoms with Crippen molar-refractivity contribution in [2.45, 2.75) is 20.8 Å². The molecule has 1 aromatic carbocycles. The van der Waals surface area contributed by atoms with Gasteiger partial charge in [-0.25, -0.2) is 9.67 Å². The highest BCUT2D eigenvalue weighted by molar-refractivity contribution is 6.03.